The Kier molecular flexibility index (Phi) is 4.06. The second kappa shape index (κ2) is 6.04. The summed E-state index contributed by atoms with van der Waals surface area (Å²) in [6.45, 7) is 6.00. The zero-order chi connectivity index (χ0) is 17.3. The fourth-order valence-electron chi connectivity index (χ4n) is 2.79. The van der Waals surface area contributed by atoms with Gasteiger partial charge in [-0.15, -0.1) is 0 Å². The Bertz CT molecular complexity index is 897. The van der Waals surface area contributed by atoms with Crippen LogP contribution in [0.2, 0.25) is 0 Å². The van der Waals surface area contributed by atoms with Crippen LogP contribution in [0.5, 0.6) is 0 Å². The molecule has 0 saturated heterocycles. The highest BCUT2D eigenvalue weighted by Crippen LogP contribution is 2.25. The molecule has 3 aromatic rings. The maximum Gasteiger partial charge on any atom is 0.242 e. The number of benzene rings is 2. The lowest BCUT2D eigenvalue weighted by Crippen LogP contribution is -2.39. The number of carbonyl (C=O) groups excluding carboxylic acids is 1. The number of ketones is 1. The second-order valence-electron chi connectivity index (χ2n) is 6.91. The van der Waals surface area contributed by atoms with Crippen molar-refractivity contribution in [2.45, 2.75) is 32.6 Å². The molecule has 0 aliphatic carbocycles. The van der Waals surface area contributed by atoms with Crippen LogP contribution in [0.25, 0.3) is 11.0 Å². The summed E-state index contributed by atoms with van der Waals surface area (Å²) >= 11 is 0. The van der Waals surface area contributed by atoms with Crippen LogP contribution in [0.1, 0.15) is 42.5 Å². The lowest BCUT2D eigenvalue weighted by Gasteiger charge is -2.21. The highest BCUT2D eigenvalue weighted by molar-refractivity contribution is 5.97. The van der Waals surface area contributed by atoms with E-state index in [0.717, 1.165) is 4.73 Å². The monoisotopic (exact) mass is 320 g/mol. The van der Waals surface area contributed by atoms with Crippen molar-refractivity contribution in [1.29, 1.82) is 0 Å². The van der Waals surface area contributed by atoms with Crippen LogP contribution in [0, 0.1) is 5.21 Å². The van der Waals surface area contributed by atoms with Crippen LogP contribution in [-0.4, -0.2) is 10.8 Å². The smallest absolute Gasteiger partial charge is 0.242 e. The number of fused-ring (bicyclic) bond motifs is 1. The van der Waals surface area contributed by atoms with Crippen molar-refractivity contribution in [2.24, 2.45) is 0 Å². The molecule has 4 nitrogen and oxygen atoms in total. The van der Waals surface area contributed by atoms with Gasteiger partial charge in [0.15, 0.2) is 5.78 Å². The van der Waals surface area contributed by atoms with E-state index in [2.05, 4.69) is 4.98 Å². The fraction of sp³-hybridized carbons (Fsp3) is 0.250. The maximum absolute atomic E-state index is 12.9. The summed E-state index contributed by atoms with van der Waals surface area (Å²) in [5.74, 6) is -0.0808. The van der Waals surface area contributed by atoms with E-state index in [1.165, 1.54) is 0 Å². The molecular formula is C20H20N2O2. The predicted octanol–water partition coefficient (Wildman–Crippen LogP) is 3.59. The Morgan fingerprint density at radius 1 is 1.04 bits per heavy atom. The van der Waals surface area contributed by atoms with Crippen molar-refractivity contribution in [3.8, 4) is 0 Å². The molecule has 24 heavy (non-hydrogen) atoms. The van der Waals surface area contributed by atoms with Gasteiger partial charge in [-0.1, -0.05) is 63.2 Å². The van der Waals surface area contributed by atoms with Crippen molar-refractivity contribution >= 4 is 16.8 Å². The largest absolute Gasteiger partial charge is 0.618 e. The number of Topliss-reactive ketones (excluding diaryl/α,β-unsaturated/α-hetero) is 1. The van der Waals surface area contributed by atoms with Crippen molar-refractivity contribution in [3.63, 3.8) is 0 Å². The zero-order valence-electron chi connectivity index (χ0n) is 14.1. The average molecular weight is 320 g/mol. The first-order chi connectivity index (χ1) is 11.4. The average Bonchev–Trinajstić information content (AvgIpc) is 2.57. The topological polar surface area (TPSA) is 56.9 Å². The van der Waals surface area contributed by atoms with E-state index in [-0.39, 0.29) is 17.6 Å². The van der Waals surface area contributed by atoms with Gasteiger partial charge in [0.1, 0.15) is 11.2 Å². The van der Waals surface area contributed by atoms with E-state index in [1.54, 1.807) is 24.3 Å². The van der Waals surface area contributed by atoms with Crippen LogP contribution in [0.15, 0.2) is 54.6 Å². The van der Waals surface area contributed by atoms with E-state index >= 15 is 0 Å². The summed E-state index contributed by atoms with van der Waals surface area (Å²) < 4.78 is 0.865. The first kappa shape index (κ1) is 16.1. The normalized spacial score (nSPS) is 11.6. The molecule has 0 spiro atoms. The molecule has 1 aromatic heterocycles. The van der Waals surface area contributed by atoms with E-state index in [9.17, 15) is 10.0 Å². The quantitative estimate of drug-likeness (QED) is 0.421. The van der Waals surface area contributed by atoms with Crippen LogP contribution in [0.4, 0.5) is 0 Å². The summed E-state index contributed by atoms with van der Waals surface area (Å²) in [5, 5.41) is 12.9. The molecule has 3 rings (SSSR count). The molecule has 4 heteroatoms. The molecule has 0 unspecified atom stereocenters. The van der Waals surface area contributed by atoms with Crippen molar-refractivity contribution in [1.82, 2.24) is 4.98 Å². The Morgan fingerprint density at radius 3 is 2.33 bits per heavy atom. The molecule has 0 bridgehead atoms. The number of nitrogens with zero attached hydrogens (tertiary/aromatic N) is 2. The Labute approximate surface area is 141 Å². The van der Waals surface area contributed by atoms with Gasteiger partial charge in [0.2, 0.25) is 11.2 Å². The van der Waals surface area contributed by atoms with E-state index in [0.29, 0.717) is 28.0 Å². The molecule has 0 radical (unpaired) electrons. The number of carbonyl (C=O) groups is 1. The number of hydrogen-bond acceptors (Lipinski definition) is 3. The summed E-state index contributed by atoms with van der Waals surface area (Å²) in [6.07, 6.45) is 0.0396. The molecule has 0 saturated carbocycles. The highest BCUT2D eigenvalue weighted by Gasteiger charge is 2.29. The minimum Gasteiger partial charge on any atom is -0.618 e. The molecule has 0 aliphatic rings. The SMILES string of the molecule is CC(C)(C)c1nc2ccccc2[n+]([O-])c1CC(=O)c1ccccc1. The third-order valence-electron chi connectivity index (χ3n) is 3.99. The summed E-state index contributed by atoms with van der Waals surface area (Å²) in [6, 6.07) is 16.3. The Morgan fingerprint density at radius 2 is 1.67 bits per heavy atom. The number of rotatable bonds is 3. The molecular weight excluding hydrogens is 300 g/mol. The highest BCUT2D eigenvalue weighted by atomic mass is 16.5. The van der Waals surface area contributed by atoms with Crippen molar-refractivity contribution in [3.05, 3.63) is 76.8 Å². The second-order valence-corrected chi connectivity index (χ2v) is 6.91. The fourth-order valence-corrected chi connectivity index (χ4v) is 2.79. The van der Waals surface area contributed by atoms with Crippen LogP contribution in [0.3, 0.4) is 0 Å². The van der Waals surface area contributed by atoms with E-state index in [4.69, 9.17) is 0 Å². The van der Waals surface area contributed by atoms with Gasteiger partial charge in [-0.2, -0.15) is 4.73 Å². The van der Waals surface area contributed by atoms with Crippen LogP contribution in [-0.2, 0) is 11.8 Å². The van der Waals surface area contributed by atoms with Gasteiger partial charge in [0.25, 0.3) is 0 Å². The summed E-state index contributed by atoms with van der Waals surface area (Å²) in [5.41, 5.74) is 2.50. The van der Waals surface area contributed by atoms with Crippen molar-refractivity contribution < 1.29 is 9.52 Å². The number of aromatic nitrogens is 2. The summed E-state index contributed by atoms with van der Waals surface area (Å²) in [7, 11) is 0. The molecule has 2 aromatic carbocycles. The molecule has 0 aliphatic heterocycles. The lowest BCUT2D eigenvalue weighted by atomic mass is 9.88. The minimum atomic E-state index is -0.331. The molecule has 1 heterocycles. The van der Waals surface area contributed by atoms with Gasteiger partial charge < -0.3 is 5.21 Å². The molecule has 0 fully saturated rings. The lowest BCUT2D eigenvalue weighted by molar-refractivity contribution is -0.586. The van der Waals surface area contributed by atoms with Crippen molar-refractivity contribution in [2.75, 3.05) is 0 Å². The maximum atomic E-state index is 12.9. The molecule has 0 N–H and O–H groups in total. The molecule has 122 valence electrons. The van der Waals surface area contributed by atoms with Crippen LogP contribution >= 0.6 is 0 Å². The van der Waals surface area contributed by atoms with E-state index in [1.807, 2.05) is 51.1 Å². The Hall–Kier alpha value is -2.75. The third kappa shape index (κ3) is 3.00. The molecule has 0 amide bonds. The van der Waals surface area contributed by atoms with E-state index < -0.39 is 0 Å². The van der Waals surface area contributed by atoms with Gasteiger partial charge >= 0.3 is 0 Å². The Balaban J connectivity index is 2.15. The van der Waals surface area contributed by atoms with Gasteiger partial charge in [-0.3, -0.25) is 4.79 Å². The van der Waals surface area contributed by atoms with Gasteiger partial charge in [0, 0.05) is 17.0 Å². The van der Waals surface area contributed by atoms with Gasteiger partial charge in [0.05, 0.1) is 6.42 Å². The third-order valence-corrected chi connectivity index (χ3v) is 3.99. The van der Waals surface area contributed by atoms with Crippen LogP contribution < -0.4 is 4.73 Å². The standard InChI is InChI=1S/C20H20N2O2/c1-20(2,3)19-17(13-18(23)14-9-5-4-6-10-14)22(24)16-12-8-7-11-15(16)21-19/h4-12H,13H2,1-3H3. The number of para-hydroxylation sites is 2. The predicted molar refractivity (Wildman–Crippen MR) is 93.9 cm³/mol. The molecule has 0 atom stereocenters. The first-order valence-electron chi connectivity index (χ1n) is 7.98. The minimum absolute atomic E-state index is 0.0396. The zero-order valence-corrected chi connectivity index (χ0v) is 14.1. The number of hydrogen-bond donors (Lipinski definition) is 0. The summed E-state index contributed by atoms with van der Waals surface area (Å²) in [4.78, 5) is 17.3. The van der Waals surface area contributed by atoms with Gasteiger partial charge in [-0.05, 0) is 6.07 Å². The first-order valence-corrected chi connectivity index (χ1v) is 7.98. The van der Waals surface area contributed by atoms with Gasteiger partial charge in [-0.25, -0.2) is 4.98 Å².